The summed E-state index contributed by atoms with van der Waals surface area (Å²) in [6.45, 7) is 0.270. The van der Waals surface area contributed by atoms with Crippen molar-refractivity contribution >= 4 is 57.6 Å². The molecule has 0 saturated carbocycles. The standard InChI is InChI=1S/C17H15N3O2S3/c21-14-8-7-10-3-1-5-12(16(10)18-14)24-13-6-2-4-11-17(13)19-15(22)9-20(11)25-23/h1-8,10,16,23H,9H2,(H,18,21)(H,19,22). The molecule has 1 aliphatic carbocycles. The van der Waals surface area contributed by atoms with Crippen LogP contribution < -0.4 is 14.9 Å². The van der Waals surface area contributed by atoms with Gasteiger partial charge in [-0.05, 0) is 18.2 Å². The van der Waals surface area contributed by atoms with Crippen LogP contribution in [0.1, 0.15) is 0 Å². The molecular weight excluding hydrogens is 374 g/mol. The molecule has 0 spiro atoms. The number of benzene rings is 1. The van der Waals surface area contributed by atoms with Crippen LogP contribution in [0, 0.1) is 5.92 Å². The molecule has 0 fully saturated rings. The maximum atomic E-state index is 12.0. The lowest BCUT2D eigenvalue weighted by Gasteiger charge is -2.32. The van der Waals surface area contributed by atoms with Crippen LogP contribution in [0.3, 0.4) is 0 Å². The molecule has 1 aromatic carbocycles. The van der Waals surface area contributed by atoms with Gasteiger partial charge in [-0.3, -0.25) is 13.9 Å². The van der Waals surface area contributed by atoms with Gasteiger partial charge in [-0.15, -0.1) is 0 Å². The van der Waals surface area contributed by atoms with Gasteiger partial charge in [-0.25, -0.2) is 0 Å². The Hall–Kier alpha value is -1.77. The number of amides is 2. The molecule has 2 amide bonds. The Morgan fingerprint density at radius 1 is 1.24 bits per heavy atom. The Labute approximate surface area is 158 Å². The number of anilines is 2. The molecule has 5 nitrogen and oxygen atoms in total. The predicted molar refractivity (Wildman–Crippen MR) is 107 cm³/mol. The highest BCUT2D eigenvalue weighted by molar-refractivity contribution is 8.69. The van der Waals surface area contributed by atoms with E-state index in [0.29, 0.717) is 0 Å². The van der Waals surface area contributed by atoms with E-state index < -0.39 is 0 Å². The Bertz CT molecular complexity index is 834. The van der Waals surface area contributed by atoms with Gasteiger partial charge in [0, 0.05) is 26.7 Å². The minimum atomic E-state index is -0.0795. The molecule has 2 unspecified atom stereocenters. The highest BCUT2D eigenvalue weighted by Crippen LogP contribution is 2.45. The first kappa shape index (κ1) is 16.7. The van der Waals surface area contributed by atoms with E-state index >= 15 is 0 Å². The molecule has 0 bridgehead atoms. The number of para-hydroxylation sites is 1. The highest BCUT2D eigenvalue weighted by Gasteiger charge is 2.30. The fourth-order valence-electron chi connectivity index (χ4n) is 3.06. The number of fused-ring (bicyclic) bond motifs is 2. The normalized spacial score (nSPS) is 24.2. The summed E-state index contributed by atoms with van der Waals surface area (Å²) in [6.07, 6.45) is 9.60. The van der Waals surface area contributed by atoms with Crippen molar-refractivity contribution in [3.05, 3.63) is 53.5 Å². The van der Waals surface area contributed by atoms with E-state index in [1.54, 1.807) is 17.8 Å². The van der Waals surface area contributed by atoms with Gasteiger partial charge in [0.2, 0.25) is 11.8 Å². The molecule has 0 aromatic heterocycles. The van der Waals surface area contributed by atoms with Crippen LogP contribution >= 0.6 is 34.4 Å². The summed E-state index contributed by atoms with van der Waals surface area (Å²) in [5.74, 6) is 0.0133. The number of nitrogens with zero attached hydrogens (tertiary/aromatic N) is 1. The number of hydrogen-bond acceptors (Lipinski definition) is 6. The van der Waals surface area contributed by atoms with Gasteiger partial charge in [-0.2, -0.15) is 0 Å². The molecule has 3 aliphatic rings. The van der Waals surface area contributed by atoms with Crippen molar-refractivity contribution in [2.24, 2.45) is 5.92 Å². The summed E-state index contributed by atoms with van der Waals surface area (Å²) < 4.78 is 1.85. The van der Waals surface area contributed by atoms with Gasteiger partial charge in [0.15, 0.2) is 0 Å². The molecule has 1 aromatic rings. The number of hydrogen-bond donors (Lipinski definition) is 3. The van der Waals surface area contributed by atoms with Crippen LogP contribution in [0.15, 0.2) is 58.4 Å². The number of nitrogens with one attached hydrogen (secondary N) is 2. The second kappa shape index (κ2) is 6.86. The fourth-order valence-corrected chi connectivity index (χ4v) is 5.06. The SMILES string of the molecule is O=C1C=CC2C=CC=C(Sc3cccc4c3NC(=O)CN4SS)C2N1. The summed E-state index contributed by atoms with van der Waals surface area (Å²) in [5, 5.41) is 5.99. The Morgan fingerprint density at radius 3 is 2.96 bits per heavy atom. The van der Waals surface area contributed by atoms with Gasteiger partial charge >= 0.3 is 0 Å². The zero-order valence-electron chi connectivity index (χ0n) is 13.0. The number of thiol groups is 1. The van der Waals surface area contributed by atoms with E-state index in [1.807, 2.05) is 40.7 Å². The first-order valence-electron chi connectivity index (χ1n) is 7.72. The van der Waals surface area contributed by atoms with Gasteiger partial charge in [0.1, 0.15) is 6.54 Å². The summed E-state index contributed by atoms with van der Waals surface area (Å²) >= 11 is 5.81. The maximum absolute atomic E-state index is 12.0. The van der Waals surface area contributed by atoms with E-state index in [2.05, 4.69) is 28.4 Å². The van der Waals surface area contributed by atoms with Crippen molar-refractivity contribution in [2.75, 3.05) is 16.2 Å². The summed E-state index contributed by atoms with van der Waals surface area (Å²) in [7, 11) is 1.23. The van der Waals surface area contributed by atoms with Gasteiger partial charge < -0.3 is 10.6 Å². The molecule has 0 saturated heterocycles. The Balaban J connectivity index is 1.67. The average Bonchev–Trinajstić information content (AvgIpc) is 2.62. The Morgan fingerprint density at radius 2 is 2.12 bits per heavy atom. The third-order valence-electron chi connectivity index (χ3n) is 4.20. The molecule has 0 radical (unpaired) electrons. The monoisotopic (exact) mass is 389 g/mol. The molecule has 2 N–H and O–H groups in total. The molecule has 2 heterocycles. The topological polar surface area (TPSA) is 61.4 Å². The van der Waals surface area contributed by atoms with Crippen LogP contribution in [0.4, 0.5) is 11.4 Å². The predicted octanol–water partition coefficient (Wildman–Crippen LogP) is 3.15. The van der Waals surface area contributed by atoms with Crippen molar-refractivity contribution in [3.63, 3.8) is 0 Å². The second-order valence-corrected chi connectivity index (χ2v) is 8.00. The summed E-state index contributed by atoms with van der Waals surface area (Å²) in [6, 6.07) is 5.83. The number of carbonyl (C=O) groups excluding carboxylic acids is 2. The smallest absolute Gasteiger partial charge is 0.245 e. The van der Waals surface area contributed by atoms with E-state index in [1.165, 1.54) is 11.0 Å². The van der Waals surface area contributed by atoms with Crippen molar-refractivity contribution in [1.29, 1.82) is 0 Å². The summed E-state index contributed by atoms with van der Waals surface area (Å²) in [5.41, 5.74) is 1.72. The van der Waals surface area contributed by atoms with Gasteiger partial charge in [0.05, 0.1) is 17.4 Å². The van der Waals surface area contributed by atoms with E-state index in [4.69, 9.17) is 0 Å². The minimum Gasteiger partial charge on any atom is -0.344 e. The molecule has 8 heteroatoms. The third-order valence-corrected chi connectivity index (χ3v) is 6.50. The quantitative estimate of drug-likeness (QED) is 0.421. The lowest BCUT2D eigenvalue weighted by atomic mass is 9.92. The molecule has 4 rings (SSSR count). The van der Waals surface area contributed by atoms with Crippen molar-refractivity contribution in [1.82, 2.24) is 5.32 Å². The minimum absolute atomic E-state index is 0.0635. The molecule has 25 heavy (non-hydrogen) atoms. The van der Waals surface area contributed by atoms with Gasteiger partial charge in [-0.1, -0.05) is 53.8 Å². The number of thioether (sulfide) groups is 1. The van der Waals surface area contributed by atoms with Crippen LogP contribution in [0.2, 0.25) is 0 Å². The third kappa shape index (κ3) is 3.21. The van der Waals surface area contributed by atoms with E-state index in [0.717, 1.165) is 21.2 Å². The van der Waals surface area contributed by atoms with Crippen LogP contribution in [0.5, 0.6) is 0 Å². The second-order valence-electron chi connectivity index (χ2n) is 5.80. The fraction of sp³-hybridized carbons (Fsp3) is 0.176. The maximum Gasteiger partial charge on any atom is 0.245 e. The number of carbonyl (C=O) groups is 2. The largest absolute Gasteiger partial charge is 0.344 e. The van der Waals surface area contributed by atoms with Crippen molar-refractivity contribution < 1.29 is 9.59 Å². The van der Waals surface area contributed by atoms with Crippen molar-refractivity contribution in [3.8, 4) is 0 Å². The van der Waals surface area contributed by atoms with Crippen LogP contribution in [0.25, 0.3) is 0 Å². The van der Waals surface area contributed by atoms with E-state index in [-0.39, 0.29) is 30.3 Å². The first-order valence-corrected chi connectivity index (χ1v) is 10.4. The van der Waals surface area contributed by atoms with Gasteiger partial charge in [0.25, 0.3) is 0 Å². The Kier molecular flexibility index (Phi) is 4.58. The first-order chi connectivity index (χ1) is 12.2. The van der Waals surface area contributed by atoms with Crippen LogP contribution in [-0.4, -0.2) is 24.4 Å². The number of rotatable bonds is 3. The zero-order valence-corrected chi connectivity index (χ0v) is 15.5. The molecule has 2 atom stereocenters. The lowest BCUT2D eigenvalue weighted by molar-refractivity contribution is -0.117. The average molecular weight is 390 g/mol. The highest BCUT2D eigenvalue weighted by atomic mass is 33.1. The zero-order chi connectivity index (χ0) is 17.4. The summed E-state index contributed by atoms with van der Waals surface area (Å²) in [4.78, 5) is 25.7. The lowest BCUT2D eigenvalue weighted by Crippen LogP contribution is -2.42. The molecule has 2 aliphatic heterocycles. The number of allylic oxidation sites excluding steroid dienone is 2. The van der Waals surface area contributed by atoms with Crippen molar-refractivity contribution in [2.45, 2.75) is 10.9 Å². The molecular formula is C17H15N3O2S3. The van der Waals surface area contributed by atoms with Crippen LogP contribution in [-0.2, 0) is 9.59 Å². The van der Waals surface area contributed by atoms with E-state index in [9.17, 15) is 9.59 Å². The molecule has 128 valence electrons.